The Morgan fingerprint density at radius 2 is 2.26 bits per heavy atom. The molecule has 0 saturated carbocycles. The SMILES string of the molecule is COCC(C)(NC(=O)CCc1cc(Cl)cs1)C(=O)O. The van der Waals surface area contributed by atoms with Crippen LogP contribution in [0.3, 0.4) is 0 Å². The first-order valence-corrected chi connectivity index (χ1v) is 6.89. The molecule has 7 heteroatoms. The molecular formula is C12H16ClNO4S. The molecule has 0 aliphatic carbocycles. The normalized spacial score (nSPS) is 13.8. The van der Waals surface area contributed by atoms with E-state index in [1.807, 2.05) is 0 Å². The number of nitrogens with one attached hydrogen (secondary N) is 1. The lowest BCUT2D eigenvalue weighted by molar-refractivity contribution is -0.149. The number of rotatable bonds is 7. The lowest BCUT2D eigenvalue weighted by atomic mass is 10.0. The quantitative estimate of drug-likeness (QED) is 0.807. The van der Waals surface area contributed by atoms with E-state index in [0.717, 1.165) is 4.88 Å². The van der Waals surface area contributed by atoms with Gasteiger partial charge in [-0.2, -0.15) is 0 Å². The van der Waals surface area contributed by atoms with Gasteiger partial charge in [0.25, 0.3) is 0 Å². The zero-order chi connectivity index (χ0) is 14.5. The van der Waals surface area contributed by atoms with Gasteiger partial charge in [0.05, 0.1) is 11.6 Å². The third kappa shape index (κ3) is 4.81. The van der Waals surface area contributed by atoms with Gasteiger partial charge in [-0.15, -0.1) is 11.3 Å². The van der Waals surface area contributed by atoms with E-state index in [2.05, 4.69) is 5.32 Å². The van der Waals surface area contributed by atoms with Crippen molar-refractivity contribution in [1.29, 1.82) is 0 Å². The minimum absolute atomic E-state index is 0.0844. The Morgan fingerprint density at radius 3 is 2.74 bits per heavy atom. The molecule has 2 N–H and O–H groups in total. The average molecular weight is 306 g/mol. The van der Waals surface area contributed by atoms with E-state index in [4.69, 9.17) is 21.4 Å². The third-order valence-electron chi connectivity index (χ3n) is 2.54. The molecule has 0 saturated heterocycles. The van der Waals surface area contributed by atoms with E-state index in [0.29, 0.717) is 11.4 Å². The highest BCUT2D eigenvalue weighted by molar-refractivity contribution is 7.10. The smallest absolute Gasteiger partial charge is 0.331 e. The van der Waals surface area contributed by atoms with Crippen LogP contribution in [0.25, 0.3) is 0 Å². The van der Waals surface area contributed by atoms with Gasteiger partial charge >= 0.3 is 5.97 Å². The fraction of sp³-hybridized carbons (Fsp3) is 0.500. The number of hydrogen-bond donors (Lipinski definition) is 2. The lowest BCUT2D eigenvalue weighted by Gasteiger charge is -2.25. The van der Waals surface area contributed by atoms with Crippen LogP contribution in [0, 0.1) is 0 Å². The largest absolute Gasteiger partial charge is 0.479 e. The number of methoxy groups -OCH3 is 1. The van der Waals surface area contributed by atoms with Gasteiger partial charge in [-0.3, -0.25) is 4.79 Å². The Hall–Kier alpha value is -1.11. The number of carbonyl (C=O) groups excluding carboxylic acids is 1. The van der Waals surface area contributed by atoms with Gasteiger partial charge < -0.3 is 15.2 Å². The van der Waals surface area contributed by atoms with Gasteiger partial charge in [-0.1, -0.05) is 11.6 Å². The number of hydrogen-bond acceptors (Lipinski definition) is 4. The van der Waals surface area contributed by atoms with Crippen LogP contribution in [0.15, 0.2) is 11.4 Å². The van der Waals surface area contributed by atoms with Crippen molar-refractivity contribution in [3.63, 3.8) is 0 Å². The summed E-state index contributed by atoms with van der Waals surface area (Å²) in [5.41, 5.74) is -1.40. The first-order valence-electron chi connectivity index (χ1n) is 5.63. The van der Waals surface area contributed by atoms with Crippen molar-refractivity contribution in [2.24, 2.45) is 0 Å². The van der Waals surface area contributed by atoms with Crippen molar-refractivity contribution in [3.05, 3.63) is 21.3 Å². The first kappa shape index (κ1) is 15.9. The summed E-state index contributed by atoms with van der Waals surface area (Å²) in [6.45, 7) is 1.33. The third-order valence-corrected chi connectivity index (χ3v) is 3.88. The molecule has 1 unspecified atom stereocenters. The van der Waals surface area contributed by atoms with E-state index in [1.54, 1.807) is 11.4 Å². The Morgan fingerprint density at radius 1 is 1.58 bits per heavy atom. The van der Waals surface area contributed by atoms with Crippen LogP contribution >= 0.6 is 22.9 Å². The lowest BCUT2D eigenvalue weighted by Crippen LogP contribution is -2.55. The highest BCUT2D eigenvalue weighted by Gasteiger charge is 2.34. The van der Waals surface area contributed by atoms with Gasteiger partial charge in [0.2, 0.25) is 5.91 Å². The topological polar surface area (TPSA) is 75.6 Å². The van der Waals surface area contributed by atoms with Crippen LogP contribution in [0.2, 0.25) is 5.02 Å². The van der Waals surface area contributed by atoms with Crippen LogP contribution in [0.4, 0.5) is 0 Å². The molecule has 1 atom stereocenters. The summed E-state index contributed by atoms with van der Waals surface area (Å²) in [5, 5.41) is 14.0. The highest BCUT2D eigenvalue weighted by atomic mass is 35.5. The van der Waals surface area contributed by atoms with Crippen molar-refractivity contribution in [2.45, 2.75) is 25.3 Å². The fourth-order valence-electron chi connectivity index (χ4n) is 1.53. The van der Waals surface area contributed by atoms with Crippen LogP contribution in [-0.2, 0) is 20.7 Å². The van der Waals surface area contributed by atoms with Crippen LogP contribution < -0.4 is 5.32 Å². The maximum absolute atomic E-state index is 11.8. The Balaban J connectivity index is 2.51. The van der Waals surface area contributed by atoms with Crippen molar-refractivity contribution in [3.8, 4) is 0 Å². The summed E-state index contributed by atoms with van der Waals surface area (Å²) >= 11 is 7.25. The molecule has 0 spiro atoms. The molecule has 0 fully saturated rings. The zero-order valence-electron chi connectivity index (χ0n) is 10.7. The van der Waals surface area contributed by atoms with E-state index >= 15 is 0 Å². The van der Waals surface area contributed by atoms with E-state index in [-0.39, 0.29) is 18.9 Å². The van der Waals surface area contributed by atoms with Crippen LogP contribution in [0.1, 0.15) is 18.2 Å². The van der Waals surface area contributed by atoms with Crippen molar-refractivity contribution in [1.82, 2.24) is 5.32 Å². The molecule has 19 heavy (non-hydrogen) atoms. The zero-order valence-corrected chi connectivity index (χ0v) is 12.3. The minimum atomic E-state index is -1.40. The standard InChI is InChI=1S/C12H16ClNO4S/c1-12(7-18-2,11(16)17)14-10(15)4-3-9-5-8(13)6-19-9/h5-6H,3-4,7H2,1-2H3,(H,14,15)(H,16,17). The van der Waals surface area contributed by atoms with E-state index in [1.165, 1.54) is 25.4 Å². The number of carboxylic acid groups (broad SMARTS) is 1. The predicted molar refractivity (Wildman–Crippen MR) is 73.7 cm³/mol. The molecule has 106 valence electrons. The first-order chi connectivity index (χ1) is 8.87. The molecule has 0 radical (unpaired) electrons. The van der Waals surface area contributed by atoms with Gasteiger partial charge in [0, 0.05) is 23.8 Å². The molecule has 0 bridgehead atoms. The fourth-order valence-corrected chi connectivity index (χ4v) is 2.61. The second-order valence-corrected chi connectivity index (χ2v) is 5.78. The molecule has 0 aliphatic rings. The monoisotopic (exact) mass is 305 g/mol. The number of aryl methyl sites for hydroxylation is 1. The van der Waals surface area contributed by atoms with Crippen molar-refractivity contribution >= 4 is 34.8 Å². The summed E-state index contributed by atoms with van der Waals surface area (Å²) in [4.78, 5) is 23.9. The van der Waals surface area contributed by atoms with E-state index in [9.17, 15) is 9.59 Å². The second-order valence-electron chi connectivity index (χ2n) is 4.35. The molecule has 1 heterocycles. The van der Waals surface area contributed by atoms with Gasteiger partial charge in [-0.05, 0) is 19.4 Å². The summed E-state index contributed by atoms with van der Waals surface area (Å²) in [6, 6.07) is 1.80. The summed E-state index contributed by atoms with van der Waals surface area (Å²) in [7, 11) is 1.39. The molecule has 1 aromatic rings. The van der Waals surface area contributed by atoms with Crippen LogP contribution in [0.5, 0.6) is 0 Å². The minimum Gasteiger partial charge on any atom is -0.479 e. The Kier molecular flexibility index (Phi) is 5.78. The molecule has 1 amide bonds. The average Bonchev–Trinajstić information content (AvgIpc) is 2.72. The Labute approximate surface area is 120 Å². The highest BCUT2D eigenvalue weighted by Crippen LogP contribution is 2.20. The maximum Gasteiger partial charge on any atom is 0.331 e. The molecule has 1 aromatic heterocycles. The van der Waals surface area contributed by atoms with Crippen LogP contribution in [-0.4, -0.2) is 36.2 Å². The summed E-state index contributed by atoms with van der Waals surface area (Å²) in [6.07, 6.45) is 0.745. The number of ether oxygens (including phenoxy) is 1. The molecule has 0 aromatic carbocycles. The maximum atomic E-state index is 11.8. The number of thiophene rings is 1. The van der Waals surface area contributed by atoms with Gasteiger partial charge in [0.15, 0.2) is 5.54 Å². The predicted octanol–water partition coefficient (Wildman–Crippen LogP) is 1.94. The Bertz CT molecular complexity index is 462. The van der Waals surface area contributed by atoms with E-state index < -0.39 is 11.5 Å². The number of carbonyl (C=O) groups is 2. The molecule has 0 aliphatic heterocycles. The van der Waals surface area contributed by atoms with Crippen molar-refractivity contribution in [2.75, 3.05) is 13.7 Å². The molecule has 5 nitrogen and oxygen atoms in total. The number of carboxylic acids is 1. The number of amides is 1. The molecule has 1 rings (SSSR count). The number of halogens is 1. The second kappa shape index (κ2) is 6.88. The summed E-state index contributed by atoms with van der Waals surface area (Å²) in [5.74, 6) is -1.45. The summed E-state index contributed by atoms with van der Waals surface area (Å²) < 4.78 is 4.82. The number of aliphatic carboxylic acids is 1. The van der Waals surface area contributed by atoms with Gasteiger partial charge in [0.1, 0.15) is 0 Å². The molecular weight excluding hydrogens is 290 g/mol. The van der Waals surface area contributed by atoms with Crippen molar-refractivity contribution < 1.29 is 19.4 Å². The van der Waals surface area contributed by atoms with Gasteiger partial charge in [-0.25, -0.2) is 4.79 Å².